The molecule has 0 fully saturated rings. The highest BCUT2D eigenvalue weighted by molar-refractivity contribution is 7.11. The minimum absolute atomic E-state index is 0.139. The standard InChI is InChI=1S/C21H12Cl2N2O4S/c22-11-3-5-13(23)14(8-11)25-20(26)18(17-2-1-7-30-17)19(21(25)27)24-12-4-6-15-16(9-12)29-10-28-15/h1-9,24H,10H2. The molecule has 9 heteroatoms. The minimum atomic E-state index is -0.523. The van der Waals surface area contributed by atoms with Gasteiger partial charge in [-0.1, -0.05) is 29.3 Å². The molecule has 2 aromatic carbocycles. The largest absolute Gasteiger partial charge is 0.454 e. The van der Waals surface area contributed by atoms with Crippen LogP contribution in [-0.2, 0) is 9.59 Å². The molecule has 0 atom stereocenters. The number of carbonyl (C=O) groups excluding carboxylic acids is 2. The van der Waals surface area contributed by atoms with E-state index >= 15 is 0 Å². The van der Waals surface area contributed by atoms with Crippen molar-refractivity contribution in [3.05, 3.63) is 74.5 Å². The molecule has 0 unspecified atom stereocenters. The second-order valence-corrected chi connectivity index (χ2v) is 8.25. The summed E-state index contributed by atoms with van der Waals surface area (Å²) in [5.41, 5.74) is 1.24. The number of ether oxygens (including phenoxy) is 2. The number of thiophene rings is 1. The predicted molar refractivity (Wildman–Crippen MR) is 116 cm³/mol. The van der Waals surface area contributed by atoms with E-state index in [0.29, 0.717) is 27.1 Å². The quantitative estimate of drug-likeness (QED) is 0.545. The van der Waals surface area contributed by atoms with Gasteiger partial charge in [-0.15, -0.1) is 11.3 Å². The Kier molecular flexibility index (Phi) is 4.66. The topological polar surface area (TPSA) is 67.9 Å². The first kappa shape index (κ1) is 19.0. The molecule has 0 saturated carbocycles. The minimum Gasteiger partial charge on any atom is -0.454 e. The van der Waals surface area contributed by atoms with Crippen LogP contribution in [0.4, 0.5) is 11.4 Å². The Balaban J connectivity index is 1.59. The van der Waals surface area contributed by atoms with Crippen LogP contribution in [0.5, 0.6) is 11.5 Å². The third-order valence-electron chi connectivity index (χ3n) is 4.64. The Morgan fingerprint density at radius 1 is 0.967 bits per heavy atom. The smallest absolute Gasteiger partial charge is 0.282 e. The maximum Gasteiger partial charge on any atom is 0.282 e. The number of rotatable bonds is 4. The monoisotopic (exact) mass is 458 g/mol. The zero-order valence-corrected chi connectivity index (χ0v) is 17.5. The fourth-order valence-corrected chi connectivity index (χ4v) is 4.43. The van der Waals surface area contributed by atoms with Gasteiger partial charge in [-0.05, 0) is 41.8 Å². The Hall–Kier alpha value is -3.00. The van der Waals surface area contributed by atoms with E-state index in [1.54, 1.807) is 36.4 Å². The molecule has 2 aliphatic rings. The molecule has 0 radical (unpaired) electrons. The Morgan fingerprint density at radius 2 is 1.80 bits per heavy atom. The molecule has 0 spiro atoms. The van der Waals surface area contributed by atoms with Gasteiger partial charge in [-0.3, -0.25) is 9.59 Å². The average Bonchev–Trinajstić information content (AvgIpc) is 3.45. The van der Waals surface area contributed by atoms with Crippen LogP contribution in [0.3, 0.4) is 0 Å². The summed E-state index contributed by atoms with van der Waals surface area (Å²) in [5.74, 6) is 0.180. The number of amides is 2. The van der Waals surface area contributed by atoms with E-state index in [1.807, 2.05) is 11.4 Å². The Morgan fingerprint density at radius 3 is 2.60 bits per heavy atom. The first-order valence-corrected chi connectivity index (χ1v) is 10.4. The summed E-state index contributed by atoms with van der Waals surface area (Å²) in [4.78, 5) is 28.4. The van der Waals surface area contributed by atoms with Crippen LogP contribution in [0, 0.1) is 0 Å². The third-order valence-corrected chi connectivity index (χ3v) is 6.08. The number of hydrogen-bond donors (Lipinski definition) is 1. The molecule has 5 rings (SSSR count). The lowest BCUT2D eigenvalue weighted by molar-refractivity contribution is -0.120. The number of halogens is 2. The van der Waals surface area contributed by atoms with Gasteiger partial charge in [0.2, 0.25) is 6.79 Å². The van der Waals surface area contributed by atoms with Crippen molar-refractivity contribution in [3.8, 4) is 11.5 Å². The number of fused-ring (bicyclic) bond motifs is 1. The zero-order chi connectivity index (χ0) is 20.8. The lowest BCUT2D eigenvalue weighted by Crippen LogP contribution is -2.32. The normalized spacial score (nSPS) is 15.3. The van der Waals surface area contributed by atoms with Crippen LogP contribution >= 0.6 is 34.5 Å². The van der Waals surface area contributed by atoms with Gasteiger partial charge in [0.1, 0.15) is 5.70 Å². The second-order valence-electron chi connectivity index (χ2n) is 6.46. The lowest BCUT2D eigenvalue weighted by Gasteiger charge is -2.17. The van der Waals surface area contributed by atoms with Gasteiger partial charge in [0.25, 0.3) is 11.8 Å². The molecular formula is C21H12Cl2N2O4S. The highest BCUT2D eigenvalue weighted by Crippen LogP contribution is 2.40. The van der Waals surface area contributed by atoms with Gasteiger partial charge in [0.15, 0.2) is 11.5 Å². The summed E-state index contributed by atoms with van der Waals surface area (Å²) in [6.07, 6.45) is 0. The van der Waals surface area contributed by atoms with Gasteiger partial charge >= 0.3 is 0 Å². The van der Waals surface area contributed by atoms with Crippen LogP contribution in [0.2, 0.25) is 10.0 Å². The molecule has 6 nitrogen and oxygen atoms in total. The molecule has 0 aliphatic carbocycles. The summed E-state index contributed by atoms with van der Waals surface area (Å²) in [6, 6.07) is 13.4. The molecule has 2 aliphatic heterocycles. The first-order valence-electron chi connectivity index (χ1n) is 8.81. The summed E-state index contributed by atoms with van der Waals surface area (Å²) in [7, 11) is 0. The third kappa shape index (κ3) is 3.11. The maximum atomic E-state index is 13.4. The SMILES string of the molecule is O=C1C(Nc2ccc3c(c2)OCO3)=C(c2cccs2)C(=O)N1c1cc(Cl)ccc1Cl. The van der Waals surface area contributed by atoms with E-state index in [2.05, 4.69) is 5.32 Å². The molecule has 150 valence electrons. The van der Waals surface area contributed by atoms with Gasteiger partial charge in [0, 0.05) is 21.7 Å². The number of hydrogen-bond acceptors (Lipinski definition) is 6. The van der Waals surface area contributed by atoms with Crippen LogP contribution < -0.4 is 19.7 Å². The van der Waals surface area contributed by atoms with E-state index < -0.39 is 11.8 Å². The number of imide groups is 1. The van der Waals surface area contributed by atoms with Gasteiger partial charge in [0.05, 0.1) is 16.3 Å². The lowest BCUT2D eigenvalue weighted by atomic mass is 10.2. The number of nitrogens with one attached hydrogen (secondary N) is 1. The van der Waals surface area contributed by atoms with Crippen molar-refractivity contribution in [2.45, 2.75) is 0 Å². The predicted octanol–water partition coefficient (Wildman–Crippen LogP) is 5.18. The van der Waals surface area contributed by atoms with Gasteiger partial charge in [-0.25, -0.2) is 4.90 Å². The number of nitrogens with zero attached hydrogens (tertiary/aromatic N) is 1. The second kappa shape index (κ2) is 7.36. The van der Waals surface area contributed by atoms with Crippen molar-refractivity contribution in [1.29, 1.82) is 0 Å². The average molecular weight is 459 g/mol. The maximum absolute atomic E-state index is 13.4. The van der Waals surface area contributed by atoms with Gasteiger partial charge < -0.3 is 14.8 Å². The Bertz CT molecular complexity index is 1220. The summed E-state index contributed by atoms with van der Waals surface area (Å²) >= 11 is 13.7. The van der Waals surface area contributed by atoms with Crippen LogP contribution in [-0.4, -0.2) is 18.6 Å². The number of benzene rings is 2. The van der Waals surface area contributed by atoms with Crippen molar-refractivity contribution in [3.63, 3.8) is 0 Å². The van der Waals surface area contributed by atoms with E-state index in [-0.39, 0.29) is 28.8 Å². The molecule has 0 bridgehead atoms. The fourth-order valence-electron chi connectivity index (χ4n) is 3.29. The fraction of sp³-hybridized carbons (Fsp3) is 0.0476. The van der Waals surface area contributed by atoms with Gasteiger partial charge in [-0.2, -0.15) is 0 Å². The van der Waals surface area contributed by atoms with Crippen molar-refractivity contribution < 1.29 is 19.1 Å². The first-order chi connectivity index (χ1) is 14.5. The molecule has 1 N–H and O–H groups in total. The summed E-state index contributed by atoms with van der Waals surface area (Å²) in [6.45, 7) is 0.139. The molecule has 0 saturated heterocycles. The highest BCUT2D eigenvalue weighted by atomic mass is 35.5. The summed E-state index contributed by atoms with van der Waals surface area (Å²) < 4.78 is 10.7. The highest BCUT2D eigenvalue weighted by Gasteiger charge is 2.41. The van der Waals surface area contributed by atoms with Crippen LogP contribution in [0.15, 0.2) is 59.6 Å². The molecule has 2 amide bonds. The molecule has 3 aromatic rings. The molecular weight excluding hydrogens is 447 g/mol. The number of carbonyl (C=O) groups is 2. The van der Waals surface area contributed by atoms with E-state index in [1.165, 1.54) is 17.4 Å². The summed E-state index contributed by atoms with van der Waals surface area (Å²) in [5, 5.41) is 5.54. The number of anilines is 2. The van der Waals surface area contributed by atoms with Crippen molar-refractivity contribution in [2.24, 2.45) is 0 Å². The van der Waals surface area contributed by atoms with Crippen molar-refractivity contribution >= 4 is 63.3 Å². The van der Waals surface area contributed by atoms with Crippen LogP contribution in [0.25, 0.3) is 5.57 Å². The van der Waals surface area contributed by atoms with Crippen LogP contribution in [0.1, 0.15) is 4.88 Å². The Labute approximate surface area is 185 Å². The van der Waals surface area contributed by atoms with E-state index in [4.69, 9.17) is 32.7 Å². The zero-order valence-electron chi connectivity index (χ0n) is 15.1. The van der Waals surface area contributed by atoms with Crippen molar-refractivity contribution in [1.82, 2.24) is 0 Å². The van der Waals surface area contributed by atoms with Crippen molar-refractivity contribution in [2.75, 3.05) is 17.0 Å². The van der Waals surface area contributed by atoms with E-state index in [9.17, 15) is 9.59 Å². The molecule has 1 aromatic heterocycles. The molecule has 3 heterocycles. The molecule has 30 heavy (non-hydrogen) atoms. The van der Waals surface area contributed by atoms with E-state index in [0.717, 1.165) is 4.90 Å².